The summed E-state index contributed by atoms with van der Waals surface area (Å²) in [5, 5.41) is 4.47. The van der Waals surface area contributed by atoms with Crippen molar-refractivity contribution in [3.63, 3.8) is 0 Å². The van der Waals surface area contributed by atoms with Gasteiger partial charge in [0.05, 0.1) is 11.9 Å². The van der Waals surface area contributed by atoms with E-state index in [-0.39, 0.29) is 22.9 Å². The monoisotopic (exact) mass is 534 g/mol. The Balaban J connectivity index is 2.09. The van der Waals surface area contributed by atoms with Gasteiger partial charge in [0.15, 0.2) is 0 Å². The Kier molecular flexibility index (Phi) is 12.7. The fourth-order valence-electron chi connectivity index (χ4n) is 4.91. The highest BCUT2D eigenvalue weighted by atomic mass is 32.2. The molecule has 3 atom stereocenters. The van der Waals surface area contributed by atoms with Crippen LogP contribution < -0.4 is 5.32 Å². The predicted octanol–water partition coefficient (Wildman–Crippen LogP) is 8.39. The number of nitrogens with zero attached hydrogens (tertiary/aromatic N) is 1. The number of benzene rings is 1. The van der Waals surface area contributed by atoms with Gasteiger partial charge in [0.25, 0.3) is 0 Å². The summed E-state index contributed by atoms with van der Waals surface area (Å²) in [7, 11) is 0. The number of unbranched alkanes of at least 4 members (excludes halogenated alkanes) is 1. The van der Waals surface area contributed by atoms with Crippen LogP contribution in [-0.4, -0.2) is 46.3 Å². The molecular formula is C31H54N2OS2. The summed E-state index contributed by atoms with van der Waals surface area (Å²) in [4.78, 5) is 16.8. The van der Waals surface area contributed by atoms with E-state index >= 15 is 0 Å². The molecule has 1 N–H and O–H groups in total. The Morgan fingerprint density at radius 1 is 0.944 bits per heavy atom. The van der Waals surface area contributed by atoms with Gasteiger partial charge in [-0.15, -0.1) is 23.5 Å². The van der Waals surface area contributed by atoms with E-state index in [2.05, 4.69) is 102 Å². The van der Waals surface area contributed by atoms with E-state index in [1.807, 2.05) is 11.8 Å². The van der Waals surface area contributed by atoms with Crippen molar-refractivity contribution < 1.29 is 4.79 Å². The highest BCUT2D eigenvalue weighted by Gasteiger charge is 2.29. The van der Waals surface area contributed by atoms with Crippen molar-refractivity contribution in [3.8, 4) is 0 Å². The van der Waals surface area contributed by atoms with Gasteiger partial charge in [0.2, 0.25) is 5.91 Å². The zero-order chi connectivity index (χ0) is 26.9. The van der Waals surface area contributed by atoms with Gasteiger partial charge in [-0.25, -0.2) is 0 Å². The topological polar surface area (TPSA) is 32.3 Å². The first-order valence-electron chi connectivity index (χ1n) is 14.4. The molecule has 0 saturated heterocycles. The second-order valence-electron chi connectivity index (χ2n) is 12.5. The maximum atomic E-state index is 13.0. The number of carbonyl (C=O) groups excluding carboxylic acids is 1. The Morgan fingerprint density at radius 2 is 1.50 bits per heavy atom. The molecule has 5 heteroatoms. The molecule has 0 aliphatic heterocycles. The molecule has 0 heterocycles. The molecule has 3 unspecified atom stereocenters. The van der Waals surface area contributed by atoms with Crippen LogP contribution in [0.2, 0.25) is 0 Å². The summed E-state index contributed by atoms with van der Waals surface area (Å²) in [6.07, 6.45) is 8.56. The number of hydrogen-bond donors (Lipinski definition) is 1. The third-order valence-electron chi connectivity index (χ3n) is 7.41. The van der Waals surface area contributed by atoms with Crippen molar-refractivity contribution in [3.05, 3.63) is 29.3 Å². The van der Waals surface area contributed by atoms with E-state index in [4.69, 9.17) is 0 Å². The fourth-order valence-corrected chi connectivity index (χ4v) is 7.76. The molecule has 3 nitrogen and oxygen atoms in total. The van der Waals surface area contributed by atoms with Crippen molar-refractivity contribution in [1.29, 1.82) is 0 Å². The van der Waals surface area contributed by atoms with Gasteiger partial charge in [-0.2, -0.15) is 0 Å². The molecule has 0 bridgehead atoms. The molecule has 0 aromatic heterocycles. The molecule has 206 valence electrons. The van der Waals surface area contributed by atoms with Crippen LogP contribution >= 0.6 is 23.5 Å². The summed E-state index contributed by atoms with van der Waals surface area (Å²) in [5.74, 6) is 0.771. The van der Waals surface area contributed by atoms with Gasteiger partial charge in [0, 0.05) is 15.4 Å². The summed E-state index contributed by atoms with van der Waals surface area (Å²) in [6, 6.07) is 7.25. The lowest BCUT2D eigenvalue weighted by atomic mass is 9.81. The van der Waals surface area contributed by atoms with Gasteiger partial charge in [-0.1, -0.05) is 94.1 Å². The van der Waals surface area contributed by atoms with E-state index < -0.39 is 0 Å². The van der Waals surface area contributed by atoms with Crippen LogP contribution in [0.25, 0.3) is 0 Å². The van der Waals surface area contributed by atoms with E-state index in [0.717, 1.165) is 32.4 Å². The van der Waals surface area contributed by atoms with E-state index in [1.165, 1.54) is 41.7 Å². The third-order valence-corrected chi connectivity index (χ3v) is 10.4. The Hall–Kier alpha value is -0.650. The zero-order valence-corrected chi connectivity index (χ0v) is 26.3. The molecule has 1 aliphatic rings. The summed E-state index contributed by atoms with van der Waals surface area (Å²) >= 11 is 3.95. The van der Waals surface area contributed by atoms with Gasteiger partial charge >= 0.3 is 0 Å². The molecule has 1 fully saturated rings. The van der Waals surface area contributed by atoms with E-state index in [9.17, 15) is 4.79 Å². The number of hydrogen-bond acceptors (Lipinski definition) is 4. The average Bonchev–Trinajstić information content (AvgIpc) is 2.81. The van der Waals surface area contributed by atoms with Crippen LogP contribution in [0.3, 0.4) is 0 Å². The zero-order valence-electron chi connectivity index (χ0n) is 24.7. The van der Waals surface area contributed by atoms with Crippen molar-refractivity contribution >= 4 is 29.4 Å². The van der Waals surface area contributed by atoms with Crippen molar-refractivity contribution in [2.75, 3.05) is 18.8 Å². The number of thioether (sulfide) groups is 2. The third kappa shape index (κ3) is 9.91. The number of carbonyl (C=O) groups is 1. The Bertz CT molecular complexity index is 776. The number of rotatable bonds is 12. The largest absolute Gasteiger partial charge is 0.340 e. The molecule has 0 radical (unpaired) electrons. The minimum atomic E-state index is 0.133. The quantitative estimate of drug-likeness (QED) is 0.273. The maximum Gasteiger partial charge on any atom is 0.231 e. The van der Waals surface area contributed by atoms with Crippen molar-refractivity contribution in [2.45, 2.75) is 140 Å². The molecule has 1 amide bonds. The minimum Gasteiger partial charge on any atom is -0.340 e. The highest BCUT2D eigenvalue weighted by Crippen LogP contribution is 2.42. The molecule has 1 saturated carbocycles. The standard InChI is InChI=1S/C31H54N2OS2/c1-10-13-18-28(33(11-2)12-3)32-29(34)22-35-26-16-14-15-17-27(26)36-25-20-23(30(4,5)6)19-24(21-25)31(7,8)9/h19-21,26-28H,10-18,22H2,1-9H3,(H,32,34). The lowest BCUT2D eigenvalue weighted by Gasteiger charge is -2.33. The average molecular weight is 535 g/mol. The minimum absolute atomic E-state index is 0.133. The van der Waals surface area contributed by atoms with E-state index in [0.29, 0.717) is 16.3 Å². The van der Waals surface area contributed by atoms with Crippen molar-refractivity contribution in [1.82, 2.24) is 10.2 Å². The van der Waals surface area contributed by atoms with Crippen LogP contribution in [-0.2, 0) is 15.6 Å². The molecule has 1 aromatic rings. The summed E-state index contributed by atoms with van der Waals surface area (Å²) in [6.45, 7) is 22.4. The smallest absolute Gasteiger partial charge is 0.231 e. The lowest BCUT2D eigenvalue weighted by Crippen LogP contribution is -2.48. The van der Waals surface area contributed by atoms with Gasteiger partial charge < -0.3 is 5.32 Å². The van der Waals surface area contributed by atoms with Gasteiger partial charge in [-0.05, 0) is 66.4 Å². The summed E-state index contributed by atoms with van der Waals surface area (Å²) in [5.41, 5.74) is 3.11. The first-order chi connectivity index (χ1) is 16.9. The molecule has 1 aliphatic carbocycles. The molecule has 1 aromatic carbocycles. The molecular weight excluding hydrogens is 480 g/mol. The van der Waals surface area contributed by atoms with Crippen LogP contribution in [0.4, 0.5) is 0 Å². The SMILES string of the molecule is CCCCC(NC(=O)CSC1CCCCC1Sc1cc(C(C)(C)C)cc(C(C)(C)C)c1)N(CC)CC. The first-order valence-corrected chi connectivity index (χ1v) is 16.3. The molecule has 36 heavy (non-hydrogen) atoms. The van der Waals surface area contributed by atoms with Crippen LogP contribution in [0.15, 0.2) is 23.1 Å². The maximum absolute atomic E-state index is 13.0. The second kappa shape index (κ2) is 14.5. The first kappa shape index (κ1) is 31.6. The highest BCUT2D eigenvalue weighted by molar-refractivity contribution is 8.04. The van der Waals surface area contributed by atoms with Gasteiger partial charge in [0.1, 0.15) is 0 Å². The van der Waals surface area contributed by atoms with Crippen LogP contribution in [0.5, 0.6) is 0 Å². The number of nitrogens with one attached hydrogen (secondary N) is 1. The predicted molar refractivity (Wildman–Crippen MR) is 163 cm³/mol. The summed E-state index contributed by atoms with van der Waals surface area (Å²) < 4.78 is 0. The Morgan fingerprint density at radius 3 is 2.00 bits per heavy atom. The second-order valence-corrected chi connectivity index (χ2v) is 15.0. The fraction of sp³-hybridized carbons (Fsp3) is 0.774. The normalized spacial score (nSPS) is 19.9. The number of amides is 1. The molecule has 0 spiro atoms. The Labute approximate surface area is 231 Å². The van der Waals surface area contributed by atoms with Crippen molar-refractivity contribution in [2.24, 2.45) is 0 Å². The van der Waals surface area contributed by atoms with Gasteiger partial charge in [-0.3, -0.25) is 9.69 Å². The lowest BCUT2D eigenvalue weighted by molar-refractivity contribution is -0.120. The van der Waals surface area contributed by atoms with E-state index in [1.54, 1.807) is 0 Å². The molecule has 2 rings (SSSR count). The van der Waals surface area contributed by atoms with Crippen LogP contribution in [0.1, 0.15) is 118 Å². The van der Waals surface area contributed by atoms with Crippen LogP contribution in [0, 0.1) is 0 Å².